The molecule has 0 unspecified atom stereocenters. The van der Waals surface area contributed by atoms with Crippen LogP contribution in [0, 0.1) is 0 Å². The fourth-order valence-electron chi connectivity index (χ4n) is 2.52. The third kappa shape index (κ3) is 4.22. The third-order valence-corrected chi connectivity index (χ3v) is 4.49. The largest absolute Gasteiger partial charge is 0.325 e. The quantitative estimate of drug-likeness (QED) is 0.876. The van der Waals surface area contributed by atoms with E-state index < -0.39 is 0 Å². The summed E-state index contributed by atoms with van der Waals surface area (Å²) >= 11 is 1.43. The number of anilines is 1. The number of carbonyl (C=O) groups is 1. The van der Waals surface area contributed by atoms with Crippen LogP contribution in [-0.2, 0) is 13.1 Å². The molecule has 0 bridgehead atoms. The summed E-state index contributed by atoms with van der Waals surface area (Å²) in [5.74, 6) is -0.0475. The minimum Gasteiger partial charge on any atom is -0.325 e. The van der Waals surface area contributed by atoms with Crippen molar-refractivity contribution in [2.75, 3.05) is 25.0 Å². The zero-order chi connectivity index (χ0) is 14.8. The highest BCUT2D eigenvalue weighted by Gasteiger charge is 2.25. The van der Waals surface area contributed by atoms with Gasteiger partial charge in [0.2, 0.25) is 0 Å². The van der Waals surface area contributed by atoms with Crippen molar-refractivity contribution in [1.29, 1.82) is 0 Å². The number of benzene rings is 1. The molecule has 0 atom stereocenters. The molecular formula is C15H20Cl2N4OS. The molecule has 0 radical (unpaired) electrons. The summed E-state index contributed by atoms with van der Waals surface area (Å²) in [6.45, 7) is 2.73. The van der Waals surface area contributed by atoms with E-state index in [0.717, 1.165) is 23.8 Å². The zero-order valence-corrected chi connectivity index (χ0v) is 15.2. The van der Waals surface area contributed by atoms with Crippen LogP contribution in [0.4, 0.5) is 5.69 Å². The van der Waals surface area contributed by atoms with Crippen LogP contribution in [0.1, 0.15) is 21.1 Å². The minimum atomic E-state index is -0.0475. The van der Waals surface area contributed by atoms with Crippen LogP contribution in [0.2, 0.25) is 0 Å². The summed E-state index contributed by atoms with van der Waals surface area (Å²) in [7, 11) is 2.07. The second-order valence-corrected chi connectivity index (χ2v) is 6.10. The second kappa shape index (κ2) is 8.61. The Hall–Kier alpha value is -1.18. The number of amides is 1. The molecule has 2 heterocycles. The SMILES string of the molecule is CN1CCN(C(=O)c2csc(CN)n2)c2ccccc2C1.Cl.Cl. The summed E-state index contributed by atoms with van der Waals surface area (Å²) in [6, 6.07) is 8.05. The number of likely N-dealkylation sites (N-methyl/N-ethyl adjacent to an activating group) is 1. The number of para-hydroxylation sites is 1. The standard InChI is InChI=1S/C15H18N4OS.2ClH/c1-18-6-7-19(13-5-3-2-4-11(13)9-18)15(20)12-10-21-14(8-16)17-12;;/h2-5,10H,6-9,16H2,1H3;2*1H. The molecule has 5 nitrogen and oxygen atoms in total. The van der Waals surface area contributed by atoms with E-state index in [2.05, 4.69) is 23.0 Å². The van der Waals surface area contributed by atoms with Crippen LogP contribution in [0.25, 0.3) is 0 Å². The molecule has 1 aliphatic heterocycles. The van der Waals surface area contributed by atoms with Gasteiger partial charge in [0.15, 0.2) is 0 Å². The fraction of sp³-hybridized carbons (Fsp3) is 0.333. The number of nitrogens with zero attached hydrogens (tertiary/aromatic N) is 3. The van der Waals surface area contributed by atoms with Crippen molar-refractivity contribution in [2.24, 2.45) is 5.73 Å². The van der Waals surface area contributed by atoms with Crippen LogP contribution >= 0.6 is 36.2 Å². The van der Waals surface area contributed by atoms with Gasteiger partial charge in [-0.15, -0.1) is 36.2 Å². The van der Waals surface area contributed by atoms with Gasteiger partial charge in [-0.1, -0.05) is 18.2 Å². The molecule has 2 N–H and O–H groups in total. The van der Waals surface area contributed by atoms with Gasteiger partial charge >= 0.3 is 0 Å². The molecule has 0 saturated heterocycles. The Bertz CT molecular complexity index is 664. The topological polar surface area (TPSA) is 62.5 Å². The molecule has 1 amide bonds. The molecule has 23 heavy (non-hydrogen) atoms. The van der Waals surface area contributed by atoms with Crippen molar-refractivity contribution < 1.29 is 4.79 Å². The lowest BCUT2D eigenvalue weighted by atomic mass is 10.1. The molecule has 126 valence electrons. The number of fused-ring (bicyclic) bond motifs is 1. The van der Waals surface area contributed by atoms with Gasteiger partial charge < -0.3 is 15.5 Å². The van der Waals surface area contributed by atoms with Gasteiger partial charge in [0.25, 0.3) is 5.91 Å². The smallest absolute Gasteiger partial charge is 0.277 e. The number of nitrogens with two attached hydrogens (primary N) is 1. The minimum absolute atomic E-state index is 0. The average Bonchev–Trinajstić information content (AvgIpc) is 2.91. The number of carbonyl (C=O) groups excluding carboxylic acids is 1. The maximum atomic E-state index is 12.8. The maximum Gasteiger partial charge on any atom is 0.277 e. The van der Waals surface area contributed by atoms with E-state index in [9.17, 15) is 4.79 Å². The normalized spacial score (nSPS) is 14.3. The van der Waals surface area contributed by atoms with Gasteiger partial charge in [0, 0.05) is 37.2 Å². The van der Waals surface area contributed by atoms with Gasteiger partial charge in [0.05, 0.1) is 0 Å². The highest BCUT2D eigenvalue weighted by molar-refractivity contribution is 7.09. The Labute approximate surface area is 152 Å². The zero-order valence-electron chi connectivity index (χ0n) is 12.8. The van der Waals surface area contributed by atoms with Gasteiger partial charge in [-0.3, -0.25) is 4.79 Å². The molecule has 0 aliphatic carbocycles. The molecule has 1 aromatic carbocycles. The van der Waals surface area contributed by atoms with Crippen molar-refractivity contribution in [2.45, 2.75) is 13.1 Å². The second-order valence-electron chi connectivity index (χ2n) is 5.15. The lowest BCUT2D eigenvalue weighted by Gasteiger charge is -2.21. The molecule has 1 aromatic heterocycles. The Morgan fingerprint density at radius 2 is 2.04 bits per heavy atom. The molecular weight excluding hydrogens is 355 g/mol. The maximum absolute atomic E-state index is 12.8. The predicted molar refractivity (Wildman–Crippen MR) is 99.0 cm³/mol. The van der Waals surface area contributed by atoms with Crippen molar-refractivity contribution in [3.8, 4) is 0 Å². The number of aromatic nitrogens is 1. The van der Waals surface area contributed by atoms with E-state index in [0.29, 0.717) is 18.8 Å². The van der Waals surface area contributed by atoms with E-state index in [-0.39, 0.29) is 30.7 Å². The summed E-state index contributed by atoms with van der Waals surface area (Å²) < 4.78 is 0. The number of hydrogen-bond donors (Lipinski definition) is 1. The fourth-order valence-corrected chi connectivity index (χ4v) is 3.17. The van der Waals surface area contributed by atoms with Crippen LogP contribution in [-0.4, -0.2) is 35.9 Å². The number of thiazole rings is 1. The van der Waals surface area contributed by atoms with Gasteiger partial charge in [-0.2, -0.15) is 0 Å². The Balaban J connectivity index is 0.00000132. The first kappa shape index (κ1) is 19.9. The van der Waals surface area contributed by atoms with Gasteiger partial charge in [-0.05, 0) is 18.7 Å². The summed E-state index contributed by atoms with van der Waals surface area (Å²) in [5.41, 5.74) is 8.21. The monoisotopic (exact) mass is 374 g/mol. The highest BCUT2D eigenvalue weighted by Crippen LogP contribution is 2.26. The first-order chi connectivity index (χ1) is 10.2. The summed E-state index contributed by atoms with van der Waals surface area (Å²) in [5, 5.41) is 2.58. The summed E-state index contributed by atoms with van der Waals surface area (Å²) in [6.07, 6.45) is 0. The van der Waals surface area contributed by atoms with E-state index in [1.165, 1.54) is 16.9 Å². The van der Waals surface area contributed by atoms with Crippen molar-refractivity contribution in [1.82, 2.24) is 9.88 Å². The lowest BCUT2D eigenvalue weighted by molar-refractivity contribution is 0.0981. The van der Waals surface area contributed by atoms with E-state index in [4.69, 9.17) is 5.73 Å². The number of rotatable bonds is 2. The molecule has 2 aromatic rings. The van der Waals surface area contributed by atoms with Crippen LogP contribution in [0.5, 0.6) is 0 Å². The lowest BCUT2D eigenvalue weighted by Crippen LogP contribution is -2.35. The molecule has 1 aliphatic rings. The molecule has 3 rings (SSSR count). The number of hydrogen-bond acceptors (Lipinski definition) is 5. The van der Waals surface area contributed by atoms with Gasteiger partial charge in [-0.25, -0.2) is 4.98 Å². The third-order valence-electron chi connectivity index (χ3n) is 3.62. The first-order valence-corrected chi connectivity index (χ1v) is 7.80. The van der Waals surface area contributed by atoms with E-state index >= 15 is 0 Å². The van der Waals surface area contributed by atoms with E-state index in [1.807, 2.05) is 23.1 Å². The van der Waals surface area contributed by atoms with Crippen molar-refractivity contribution >= 4 is 47.7 Å². The van der Waals surface area contributed by atoms with Gasteiger partial charge in [0.1, 0.15) is 10.7 Å². The van der Waals surface area contributed by atoms with Crippen molar-refractivity contribution in [3.05, 3.63) is 45.9 Å². The van der Waals surface area contributed by atoms with Crippen molar-refractivity contribution in [3.63, 3.8) is 0 Å². The Morgan fingerprint density at radius 3 is 2.74 bits per heavy atom. The first-order valence-electron chi connectivity index (χ1n) is 6.92. The number of halogens is 2. The van der Waals surface area contributed by atoms with E-state index in [1.54, 1.807) is 5.38 Å². The van der Waals surface area contributed by atoms with Crippen LogP contribution in [0.15, 0.2) is 29.6 Å². The Kier molecular flexibility index (Phi) is 7.44. The predicted octanol–water partition coefficient (Wildman–Crippen LogP) is 2.54. The van der Waals surface area contributed by atoms with Crippen LogP contribution < -0.4 is 10.6 Å². The van der Waals surface area contributed by atoms with Crippen LogP contribution in [0.3, 0.4) is 0 Å². The Morgan fingerprint density at radius 1 is 1.30 bits per heavy atom. The molecule has 0 fully saturated rings. The highest BCUT2D eigenvalue weighted by atomic mass is 35.5. The average molecular weight is 375 g/mol. The molecule has 0 spiro atoms. The molecule has 8 heteroatoms. The summed E-state index contributed by atoms with van der Waals surface area (Å²) in [4.78, 5) is 21.1. The molecule has 0 saturated carbocycles.